The molecular weight excluding hydrogens is 280 g/mol. The molecule has 4 nitrogen and oxygen atoms in total. The predicted molar refractivity (Wildman–Crippen MR) is 64.7 cm³/mol. The van der Waals surface area contributed by atoms with Gasteiger partial charge in [0.05, 0.1) is 13.2 Å². The average Bonchev–Trinajstić information content (AvgIpc) is 2.38. The van der Waals surface area contributed by atoms with Crippen LogP contribution in [0.15, 0.2) is 18.2 Å². The molecular formula is C12H14F4N2O2. The molecule has 0 bridgehead atoms. The Morgan fingerprint density at radius 3 is 2.50 bits per heavy atom. The molecule has 0 atom stereocenters. The first-order valence-electron chi connectivity index (χ1n) is 5.81. The first-order valence-corrected chi connectivity index (χ1v) is 5.81. The molecule has 0 saturated carbocycles. The van der Waals surface area contributed by atoms with Crippen molar-refractivity contribution in [3.8, 4) is 0 Å². The number of hydrogen-bond donors (Lipinski definition) is 2. The van der Waals surface area contributed by atoms with Crippen LogP contribution >= 0.6 is 0 Å². The van der Waals surface area contributed by atoms with Gasteiger partial charge in [0.25, 0.3) is 6.43 Å². The average molecular weight is 294 g/mol. The Bertz CT molecular complexity index is 423. The number of hydrogen-bond acceptors (Lipinski definition) is 3. The maximum absolute atomic E-state index is 13.2. The highest BCUT2D eigenvalue weighted by molar-refractivity contribution is 5.92. The van der Waals surface area contributed by atoms with Crippen molar-refractivity contribution in [2.24, 2.45) is 0 Å². The van der Waals surface area contributed by atoms with Gasteiger partial charge >= 0.3 is 0 Å². The Kier molecular flexibility index (Phi) is 6.96. The van der Waals surface area contributed by atoms with E-state index in [1.807, 2.05) is 0 Å². The fraction of sp³-hybridized carbons (Fsp3) is 0.417. The lowest BCUT2D eigenvalue weighted by Crippen LogP contribution is -2.31. The number of benzene rings is 1. The molecule has 0 aliphatic rings. The number of alkyl halides is 2. The Morgan fingerprint density at radius 1 is 1.25 bits per heavy atom. The minimum absolute atomic E-state index is 0.00563. The van der Waals surface area contributed by atoms with E-state index in [1.165, 1.54) is 6.07 Å². The monoisotopic (exact) mass is 294 g/mol. The number of rotatable bonds is 8. The lowest BCUT2D eigenvalue weighted by Gasteiger charge is -2.08. The third-order valence-corrected chi connectivity index (χ3v) is 2.18. The Hall–Kier alpha value is -1.67. The van der Waals surface area contributed by atoms with E-state index in [0.717, 1.165) is 12.1 Å². The van der Waals surface area contributed by atoms with Crippen LogP contribution in [0.25, 0.3) is 0 Å². The van der Waals surface area contributed by atoms with Crippen LogP contribution in [0.3, 0.4) is 0 Å². The number of para-hydroxylation sites is 1. The first-order chi connectivity index (χ1) is 9.50. The van der Waals surface area contributed by atoms with Gasteiger partial charge in [0.15, 0.2) is 0 Å². The summed E-state index contributed by atoms with van der Waals surface area (Å²) in [5.41, 5.74) is -0.520. The van der Waals surface area contributed by atoms with Crippen LogP contribution in [0.5, 0.6) is 0 Å². The first kappa shape index (κ1) is 16.4. The Morgan fingerprint density at radius 2 is 1.90 bits per heavy atom. The third-order valence-electron chi connectivity index (χ3n) is 2.18. The second kappa shape index (κ2) is 8.49. The van der Waals surface area contributed by atoms with Crippen molar-refractivity contribution in [2.45, 2.75) is 6.43 Å². The largest absolute Gasteiger partial charge is 0.374 e. The highest BCUT2D eigenvalue weighted by Gasteiger charge is 2.11. The molecule has 1 amide bonds. The molecule has 0 spiro atoms. The molecule has 0 fully saturated rings. The molecule has 2 N–H and O–H groups in total. The van der Waals surface area contributed by atoms with E-state index in [-0.39, 0.29) is 19.7 Å². The molecule has 1 rings (SSSR count). The summed E-state index contributed by atoms with van der Waals surface area (Å²) < 4.78 is 54.4. The molecule has 8 heteroatoms. The summed E-state index contributed by atoms with van der Waals surface area (Å²) in [6, 6.07) is 3.22. The van der Waals surface area contributed by atoms with Crippen LogP contribution in [0.2, 0.25) is 0 Å². The highest BCUT2D eigenvalue weighted by Crippen LogP contribution is 2.17. The molecule has 20 heavy (non-hydrogen) atoms. The number of amides is 1. The van der Waals surface area contributed by atoms with E-state index in [1.54, 1.807) is 0 Å². The predicted octanol–water partition coefficient (Wildman–Crippen LogP) is 1.77. The fourth-order valence-corrected chi connectivity index (χ4v) is 1.32. The van der Waals surface area contributed by atoms with Crippen molar-refractivity contribution in [1.29, 1.82) is 0 Å². The van der Waals surface area contributed by atoms with Crippen LogP contribution in [-0.4, -0.2) is 38.6 Å². The summed E-state index contributed by atoms with van der Waals surface area (Å²) in [6.07, 6.45) is -2.54. The zero-order valence-corrected chi connectivity index (χ0v) is 10.5. The molecule has 112 valence electrons. The van der Waals surface area contributed by atoms with Gasteiger partial charge < -0.3 is 15.4 Å². The molecule has 1 aromatic rings. The van der Waals surface area contributed by atoms with Gasteiger partial charge in [0, 0.05) is 6.54 Å². The SMILES string of the molecule is O=C(CNCCOCC(F)F)Nc1c(F)cccc1F. The number of carbonyl (C=O) groups is 1. The van der Waals surface area contributed by atoms with Crippen molar-refractivity contribution >= 4 is 11.6 Å². The minimum atomic E-state index is -2.54. The van der Waals surface area contributed by atoms with Gasteiger partial charge in [-0.15, -0.1) is 0 Å². The molecule has 0 unspecified atom stereocenters. The highest BCUT2D eigenvalue weighted by atomic mass is 19.3. The van der Waals surface area contributed by atoms with E-state index in [2.05, 4.69) is 15.4 Å². The fourth-order valence-electron chi connectivity index (χ4n) is 1.32. The van der Waals surface area contributed by atoms with Crippen molar-refractivity contribution in [3.63, 3.8) is 0 Å². The van der Waals surface area contributed by atoms with Crippen molar-refractivity contribution < 1.29 is 27.1 Å². The smallest absolute Gasteiger partial charge is 0.261 e. The molecule has 1 aromatic carbocycles. The normalized spacial score (nSPS) is 10.8. The third kappa shape index (κ3) is 5.98. The molecule has 0 aliphatic carbocycles. The summed E-state index contributed by atoms with van der Waals surface area (Å²) in [5, 5.41) is 4.67. The van der Waals surface area contributed by atoms with Gasteiger partial charge in [-0.25, -0.2) is 17.6 Å². The van der Waals surface area contributed by atoms with Crippen molar-refractivity contribution in [2.75, 3.05) is 31.6 Å². The second-order valence-electron chi connectivity index (χ2n) is 3.79. The topological polar surface area (TPSA) is 50.4 Å². The van der Waals surface area contributed by atoms with Crippen molar-refractivity contribution in [1.82, 2.24) is 5.32 Å². The van der Waals surface area contributed by atoms with Crippen LogP contribution in [0, 0.1) is 11.6 Å². The molecule has 0 heterocycles. The van der Waals surface area contributed by atoms with Gasteiger partial charge in [0.1, 0.15) is 23.9 Å². The van der Waals surface area contributed by atoms with Gasteiger partial charge in [-0.1, -0.05) is 6.07 Å². The van der Waals surface area contributed by atoms with Crippen molar-refractivity contribution in [3.05, 3.63) is 29.8 Å². The van der Waals surface area contributed by atoms with Crippen LogP contribution in [-0.2, 0) is 9.53 Å². The lowest BCUT2D eigenvalue weighted by molar-refractivity contribution is -0.115. The quantitative estimate of drug-likeness (QED) is 0.567. The summed E-state index contributed by atoms with van der Waals surface area (Å²) in [4.78, 5) is 11.4. The van der Waals surface area contributed by atoms with E-state index in [9.17, 15) is 22.4 Å². The summed E-state index contributed by atoms with van der Waals surface area (Å²) in [6.45, 7) is -0.717. The Balaban J connectivity index is 2.24. The molecule has 0 radical (unpaired) electrons. The molecule has 0 aliphatic heterocycles. The zero-order valence-electron chi connectivity index (χ0n) is 10.5. The summed E-state index contributed by atoms with van der Waals surface area (Å²) in [7, 11) is 0. The van der Waals surface area contributed by atoms with Crippen LogP contribution in [0.4, 0.5) is 23.2 Å². The summed E-state index contributed by atoms with van der Waals surface area (Å²) in [5.74, 6) is -2.40. The second-order valence-corrected chi connectivity index (χ2v) is 3.79. The minimum Gasteiger partial charge on any atom is -0.374 e. The maximum atomic E-state index is 13.2. The van der Waals surface area contributed by atoms with E-state index in [4.69, 9.17) is 0 Å². The van der Waals surface area contributed by atoms with Crippen LogP contribution < -0.4 is 10.6 Å². The molecule has 0 aromatic heterocycles. The van der Waals surface area contributed by atoms with E-state index >= 15 is 0 Å². The van der Waals surface area contributed by atoms with Gasteiger partial charge in [-0.05, 0) is 12.1 Å². The van der Waals surface area contributed by atoms with Gasteiger partial charge in [0.2, 0.25) is 5.91 Å². The number of ether oxygens (including phenoxy) is 1. The van der Waals surface area contributed by atoms with Gasteiger partial charge in [-0.3, -0.25) is 4.79 Å². The van der Waals surface area contributed by atoms with E-state index in [0.29, 0.717) is 0 Å². The van der Waals surface area contributed by atoms with Gasteiger partial charge in [-0.2, -0.15) is 0 Å². The standard InChI is InChI=1S/C12H14F4N2O2/c13-8-2-1-3-9(14)12(8)18-11(19)6-17-4-5-20-7-10(15)16/h1-3,10,17H,4-7H2,(H,18,19). The molecule has 0 saturated heterocycles. The zero-order chi connectivity index (χ0) is 15.0. The summed E-state index contributed by atoms with van der Waals surface area (Å²) >= 11 is 0. The number of nitrogens with one attached hydrogen (secondary N) is 2. The lowest BCUT2D eigenvalue weighted by atomic mass is 10.3. The number of carbonyl (C=O) groups excluding carboxylic acids is 1. The Labute approximate surface area is 113 Å². The number of anilines is 1. The van der Waals surface area contributed by atoms with Crippen LogP contribution in [0.1, 0.15) is 0 Å². The number of halogens is 4. The maximum Gasteiger partial charge on any atom is 0.261 e. The van der Waals surface area contributed by atoms with E-state index < -0.39 is 36.3 Å².